The molecule has 0 aliphatic rings. The molecule has 0 aliphatic heterocycles. The van der Waals surface area contributed by atoms with E-state index in [9.17, 15) is 14.8 Å². The number of benzene rings is 2. The fourth-order valence-corrected chi connectivity index (χ4v) is 2.62. The van der Waals surface area contributed by atoms with Crippen LogP contribution in [0.3, 0.4) is 0 Å². The van der Waals surface area contributed by atoms with Gasteiger partial charge in [0.2, 0.25) is 0 Å². The van der Waals surface area contributed by atoms with Crippen molar-refractivity contribution in [2.75, 3.05) is 0 Å². The first-order valence-electron chi connectivity index (χ1n) is 4.82. The summed E-state index contributed by atoms with van der Waals surface area (Å²) in [5, 5.41) is 19.6. The number of phenolic OH excluding ortho intramolecular Hbond substituents is 2. The third kappa shape index (κ3) is 2.31. The second-order valence-electron chi connectivity index (χ2n) is 3.42. The maximum Gasteiger partial charge on any atom is 0.124 e. The summed E-state index contributed by atoms with van der Waals surface area (Å²) >= 11 is 4.83. The van der Waals surface area contributed by atoms with Gasteiger partial charge in [0.15, 0.2) is 0 Å². The van der Waals surface area contributed by atoms with E-state index in [2.05, 4.69) is 0 Å². The molecule has 0 radical (unpaired) electrons. The van der Waals surface area contributed by atoms with Crippen LogP contribution in [-0.2, 0) is 20.9 Å². The van der Waals surface area contributed by atoms with Crippen LogP contribution in [0.25, 0.3) is 11.1 Å². The predicted molar refractivity (Wildman–Crippen MR) is 70.8 cm³/mol. The first-order chi connectivity index (χ1) is 8.11. The molecule has 0 bridgehead atoms. The van der Waals surface area contributed by atoms with Crippen LogP contribution in [0.2, 0.25) is 0 Å². The van der Waals surface area contributed by atoms with Crippen molar-refractivity contribution in [1.82, 2.24) is 0 Å². The highest BCUT2D eigenvalue weighted by Gasteiger charge is 2.14. The molecule has 0 fully saturated rings. The largest absolute Gasteiger partial charge is 0.507 e. The quantitative estimate of drug-likeness (QED) is 0.782. The first kappa shape index (κ1) is 12.0. The number of aromatic hydroxyl groups is 2. The van der Waals surface area contributed by atoms with Crippen molar-refractivity contribution < 1.29 is 14.8 Å². The minimum atomic E-state index is -1.40. The maximum atomic E-state index is 9.85. The van der Waals surface area contributed by atoms with Gasteiger partial charge in [-0.2, -0.15) is 0 Å². The average Bonchev–Trinajstić information content (AvgIpc) is 2.30. The highest BCUT2D eigenvalue weighted by Crippen LogP contribution is 2.38. The number of hydrogen-bond acceptors (Lipinski definition) is 3. The fourth-order valence-electron chi connectivity index (χ4n) is 1.62. The molecule has 1 unspecified atom stereocenters. The zero-order chi connectivity index (χ0) is 12.4. The van der Waals surface area contributed by atoms with Crippen molar-refractivity contribution in [2.24, 2.45) is 0 Å². The highest BCUT2D eigenvalue weighted by molar-refractivity contribution is 8.25. The lowest BCUT2D eigenvalue weighted by molar-refractivity contribution is 0.468. The van der Waals surface area contributed by atoms with Gasteiger partial charge in [-0.15, -0.1) is 0 Å². The molecule has 0 saturated carbocycles. The number of hydrogen-bond donors (Lipinski definition) is 3. The van der Waals surface area contributed by atoms with E-state index in [1.165, 1.54) is 12.1 Å². The van der Waals surface area contributed by atoms with Crippen molar-refractivity contribution >= 4 is 20.9 Å². The summed E-state index contributed by atoms with van der Waals surface area (Å²) < 4.78 is 9.53. The molecular weight excluding hydrogens is 256 g/mol. The van der Waals surface area contributed by atoms with E-state index in [-0.39, 0.29) is 11.5 Å². The van der Waals surface area contributed by atoms with E-state index in [1.54, 1.807) is 30.3 Å². The van der Waals surface area contributed by atoms with Crippen LogP contribution in [0.5, 0.6) is 11.5 Å². The van der Waals surface area contributed by atoms with E-state index in [0.717, 1.165) is 0 Å². The lowest BCUT2D eigenvalue weighted by Gasteiger charge is -2.11. The Morgan fingerprint density at radius 2 is 1.53 bits per heavy atom. The lowest BCUT2D eigenvalue weighted by atomic mass is 10.0. The Morgan fingerprint density at radius 1 is 0.882 bits per heavy atom. The predicted octanol–water partition coefficient (Wildman–Crippen LogP) is 2.68. The van der Waals surface area contributed by atoms with Gasteiger partial charge < -0.3 is 14.8 Å². The van der Waals surface area contributed by atoms with Crippen LogP contribution >= 0.6 is 0 Å². The summed E-state index contributed by atoms with van der Waals surface area (Å²) in [5.41, 5.74) is 0.837. The minimum absolute atomic E-state index is 0.0135. The average molecular weight is 266 g/mol. The van der Waals surface area contributed by atoms with Crippen molar-refractivity contribution in [2.45, 2.75) is 4.90 Å². The SMILES string of the molecule is Oc1ccccc1-c1c(O)cccc1S(O)=S. The summed E-state index contributed by atoms with van der Waals surface area (Å²) in [6.45, 7) is 0. The summed E-state index contributed by atoms with van der Waals surface area (Å²) in [7, 11) is -1.40. The molecule has 0 amide bonds. The van der Waals surface area contributed by atoms with E-state index in [1.807, 2.05) is 0 Å². The van der Waals surface area contributed by atoms with Gasteiger partial charge in [-0.25, -0.2) is 0 Å². The van der Waals surface area contributed by atoms with Crippen LogP contribution in [0, 0.1) is 0 Å². The molecule has 1 atom stereocenters. The van der Waals surface area contributed by atoms with E-state index < -0.39 is 9.74 Å². The second-order valence-corrected chi connectivity index (χ2v) is 5.30. The molecule has 3 nitrogen and oxygen atoms in total. The Hall–Kier alpha value is -1.43. The lowest BCUT2D eigenvalue weighted by Crippen LogP contribution is -1.92. The van der Waals surface area contributed by atoms with Crippen LogP contribution in [-0.4, -0.2) is 14.8 Å². The summed E-state index contributed by atoms with van der Waals surface area (Å²) in [4.78, 5) is 0.432. The van der Waals surface area contributed by atoms with Crippen molar-refractivity contribution in [1.29, 1.82) is 0 Å². The van der Waals surface area contributed by atoms with Gasteiger partial charge in [0.25, 0.3) is 0 Å². The third-order valence-corrected chi connectivity index (χ3v) is 3.62. The van der Waals surface area contributed by atoms with Gasteiger partial charge >= 0.3 is 0 Å². The normalized spacial score (nSPS) is 12.3. The summed E-state index contributed by atoms with van der Waals surface area (Å²) in [5.74, 6) is 0.0242. The standard InChI is InChI=1S/C12H10O3S2/c13-9-5-2-1-4-8(9)12-10(14)6-3-7-11(12)17(15)16/h1-7,13-14H,(H,15,16). The number of para-hydroxylation sites is 1. The number of rotatable bonds is 2. The molecule has 2 rings (SSSR count). The molecule has 5 heteroatoms. The summed E-state index contributed by atoms with van der Waals surface area (Å²) in [6.07, 6.45) is 0. The van der Waals surface area contributed by atoms with Gasteiger partial charge in [-0.3, -0.25) is 0 Å². The zero-order valence-electron chi connectivity index (χ0n) is 8.70. The van der Waals surface area contributed by atoms with Crippen LogP contribution in [0.15, 0.2) is 47.4 Å². The van der Waals surface area contributed by atoms with Gasteiger partial charge in [-0.1, -0.05) is 24.3 Å². The van der Waals surface area contributed by atoms with Crippen LogP contribution < -0.4 is 0 Å². The second kappa shape index (κ2) is 4.83. The molecule has 17 heavy (non-hydrogen) atoms. The van der Waals surface area contributed by atoms with E-state index in [4.69, 9.17) is 11.2 Å². The smallest absolute Gasteiger partial charge is 0.124 e. The van der Waals surface area contributed by atoms with Crippen LogP contribution in [0.4, 0.5) is 0 Å². The molecular formula is C12H10O3S2. The van der Waals surface area contributed by atoms with Crippen LogP contribution in [0.1, 0.15) is 0 Å². The molecule has 0 heterocycles. The topological polar surface area (TPSA) is 60.7 Å². The zero-order valence-corrected chi connectivity index (χ0v) is 10.3. The summed E-state index contributed by atoms with van der Waals surface area (Å²) in [6, 6.07) is 11.3. The van der Waals surface area contributed by atoms with Gasteiger partial charge in [0.1, 0.15) is 11.5 Å². The van der Waals surface area contributed by atoms with Crippen molar-refractivity contribution in [3.63, 3.8) is 0 Å². The molecule has 2 aromatic rings. The molecule has 0 aromatic heterocycles. The molecule has 0 spiro atoms. The Kier molecular flexibility index (Phi) is 3.42. The Balaban J connectivity index is 2.75. The molecule has 3 N–H and O–H groups in total. The number of phenols is 2. The van der Waals surface area contributed by atoms with Gasteiger partial charge in [0.05, 0.1) is 0 Å². The minimum Gasteiger partial charge on any atom is -0.507 e. The van der Waals surface area contributed by atoms with E-state index >= 15 is 0 Å². The Morgan fingerprint density at radius 3 is 2.18 bits per heavy atom. The highest BCUT2D eigenvalue weighted by atomic mass is 32.8. The Bertz CT molecular complexity index is 582. The maximum absolute atomic E-state index is 9.85. The fraction of sp³-hybridized carbons (Fsp3) is 0. The molecule has 88 valence electrons. The van der Waals surface area contributed by atoms with Gasteiger partial charge in [0, 0.05) is 25.8 Å². The monoisotopic (exact) mass is 266 g/mol. The van der Waals surface area contributed by atoms with Crippen molar-refractivity contribution in [3.05, 3.63) is 42.5 Å². The van der Waals surface area contributed by atoms with Crippen molar-refractivity contribution in [3.8, 4) is 22.6 Å². The third-order valence-electron chi connectivity index (χ3n) is 2.37. The van der Waals surface area contributed by atoms with E-state index in [0.29, 0.717) is 16.0 Å². The molecule has 2 aromatic carbocycles. The molecule has 0 saturated heterocycles. The molecule has 0 aliphatic carbocycles. The van der Waals surface area contributed by atoms with Gasteiger partial charge in [-0.05, 0) is 29.4 Å². The first-order valence-corrected chi connectivity index (χ1v) is 6.93. The Labute approximate surface area is 106 Å².